The van der Waals surface area contributed by atoms with Crippen LogP contribution in [-0.4, -0.2) is 7.05 Å². The SMILES string of the molecule is C=C/C(=C(/C#N)NC)c1cc(-c2ccc(F)cc2F)cc(C(C)(F)F)c1. The Balaban J connectivity index is 2.81. The van der Waals surface area contributed by atoms with Crippen LogP contribution in [0.25, 0.3) is 16.7 Å². The zero-order valence-electron chi connectivity index (χ0n) is 14.2. The quantitative estimate of drug-likeness (QED) is 0.441. The van der Waals surface area contributed by atoms with Crippen molar-refractivity contribution in [1.82, 2.24) is 5.32 Å². The summed E-state index contributed by atoms with van der Waals surface area (Å²) in [6, 6.07) is 8.66. The average molecular weight is 360 g/mol. The number of rotatable bonds is 5. The minimum atomic E-state index is -3.19. The van der Waals surface area contributed by atoms with E-state index in [1.165, 1.54) is 31.3 Å². The van der Waals surface area contributed by atoms with Crippen LogP contribution in [0.5, 0.6) is 0 Å². The summed E-state index contributed by atoms with van der Waals surface area (Å²) in [4.78, 5) is 0. The molecule has 0 heterocycles. The summed E-state index contributed by atoms with van der Waals surface area (Å²) in [5.41, 5.74) is 0.450. The number of benzene rings is 2. The third kappa shape index (κ3) is 3.94. The molecular weight excluding hydrogens is 344 g/mol. The maximum atomic E-state index is 14.1. The summed E-state index contributed by atoms with van der Waals surface area (Å²) in [5, 5.41) is 11.9. The van der Waals surface area contributed by atoms with Crippen molar-refractivity contribution in [2.45, 2.75) is 12.8 Å². The fraction of sp³-hybridized carbons (Fsp3) is 0.150. The van der Waals surface area contributed by atoms with Crippen LogP contribution in [-0.2, 0) is 5.92 Å². The molecule has 2 aromatic rings. The summed E-state index contributed by atoms with van der Waals surface area (Å²) < 4.78 is 55.2. The van der Waals surface area contributed by atoms with Gasteiger partial charge in [-0.2, -0.15) is 5.26 Å². The van der Waals surface area contributed by atoms with Gasteiger partial charge in [0.2, 0.25) is 0 Å². The fourth-order valence-electron chi connectivity index (χ4n) is 2.53. The van der Waals surface area contributed by atoms with Gasteiger partial charge in [-0.1, -0.05) is 12.7 Å². The first-order chi connectivity index (χ1) is 12.2. The van der Waals surface area contributed by atoms with Crippen LogP contribution in [0, 0.1) is 23.0 Å². The Labute approximate surface area is 149 Å². The van der Waals surface area contributed by atoms with Crippen LogP contribution in [0.4, 0.5) is 17.6 Å². The summed E-state index contributed by atoms with van der Waals surface area (Å²) in [7, 11) is 1.51. The van der Waals surface area contributed by atoms with Crippen molar-refractivity contribution in [1.29, 1.82) is 5.26 Å². The van der Waals surface area contributed by atoms with Crippen LogP contribution in [0.3, 0.4) is 0 Å². The molecule has 26 heavy (non-hydrogen) atoms. The van der Waals surface area contributed by atoms with Crippen molar-refractivity contribution in [2.75, 3.05) is 7.05 Å². The number of hydrogen-bond donors (Lipinski definition) is 1. The highest BCUT2D eigenvalue weighted by Gasteiger charge is 2.26. The summed E-state index contributed by atoms with van der Waals surface area (Å²) >= 11 is 0. The second-order valence-electron chi connectivity index (χ2n) is 5.67. The van der Waals surface area contributed by atoms with E-state index in [4.69, 9.17) is 0 Å². The largest absolute Gasteiger partial charge is 0.379 e. The Hall–Kier alpha value is -3.07. The Morgan fingerprint density at radius 3 is 2.38 bits per heavy atom. The van der Waals surface area contributed by atoms with Crippen molar-refractivity contribution in [3.05, 3.63) is 77.5 Å². The predicted molar refractivity (Wildman–Crippen MR) is 93.2 cm³/mol. The highest BCUT2D eigenvalue weighted by Crippen LogP contribution is 2.35. The summed E-state index contributed by atoms with van der Waals surface area (Å²) in [6.07, 6.45) is 1.35. The van der Waals surface area contributed by atoms with Crippen molar-refractivity contribution < 1.29 is 17.6 Å². The van der Waals surface area contributed by atoms with E-state index >= 15 is 0 Å². The average Bonchev–Trinajstić information content (AvgIpc) is 2.58. The van der Waals surface area contributed by atoms with E-state index in [-0.39, 0.29) is 28.0 Å². The molecular formula is C20H16F4N2. The smallest absolute Gasteiger partial charge is 0.270 e. The lowest BCUT2D eigenvalue weighted by molar-refractivity contribution is 0.0175. The van der Waals surface area contributed by atoms with Gasteiger partial charge in [0.15, 0.2) is 0 Å². The lowest BCUT2D eigenvalue weighted by atomic mass is 9.93. The molecule has 0 atom stereocenters. The van der Waals surface area contributed by atoms with E-state index in [1.807, 2.05) is 6.07 Å². The first-order valence-corrected chi connectivity index (χ1v) is 7.65. The molecule has 2 rings (SSSR count). The van der Waals surface area contributed by atoms with Gasteiger partial charge in [-0.25, -0.2) is 17.6 Å². The van der Waals surface area contributed by atoms with Crippen molar-refractivity contribution in [3.8, 4) is 17.2 Å². The maximum Gasteiger partial charge on any atom is 0.270 e. The molecule has 0 aliphatic carbocycles. The first kappa shape index (κ1) is 19.3. The molecule has 1 N–H and O–H groups in total. The van der Waals surface area contributed by atoms with E-state index in [1.54, 1.807) is 0 Å². The van der Waals surface area contributed by atoms with Crippen LogP contribution in [0.15, 0.2) is 54.8 Å². The van der Waals surface area contributed by atoms with Crippen LogP contribution < -0.4 is 5.32 Å². The standard InChI is InChI=1S/C20H16F4N2/c1-4-16(19(11-25)26-3)12-7-13(9-14(8-12)20(2,23)24)17-6-5-15(21)10-18(17)22/h4-10,26H,1H2,2-3H3/b19-16+. The molecule has 0 bridgehead atoms. The van der Waals surface area contributed by atoms with Gasteiger partial charge in [-0.15, -0.1) is 0 Å². The first-order valence-electron chi connectivity index (χ1n) is 7.65. The molecule has 0 saturated carbocycles. The van der Waals surface area contributed by atoms with Gasteiger partial charge in [0.25, 0.3) is 5.92 Å². The molecule has 0 fully saturated rings. The van der Waals surface area contributed by atoms with Crippen molar-refractivity contribution in [2.24, 2.45) is 0 Å². The van der Waals surface area contributed by atoms with Gasteiger partial charge in [0, 0.05) is 36.7 Å². The number of nitriles is 1. The molecule has 2 nitrogen and oxygen atoms in total. The topological polar surface area (TPSA) is 35.8 Å². The predicted octanol–water partition coefficient (Wildman–Crippen LogP) is 5.38. The molecule has 0 aliphatic rings. The third-order valence-electron chi connectivity index (χ3n) is 3.83. The highest BCUT2D eigenvalue weighted by molar-refractivity contribution is 5.81. The molecule has 0 unspecified atom stereocenters. The van der Waals surface area contributed by atoms with E-state index in [9.17, 15) is 22.8 Å². The van der Waals surface area contributed by atoms with Crippen LogP contribution in [0.1, 0.15) is 18.1 Å². The molecule has 0 spiro atoms. The number of nitrogens with zero attached hydrogens (tertiary/aromatic N) is 1. The van der Waals surface area contributed by atoms with E-state index < -0.39 is 17.6 Å². The lowest BCUT2D eigenvalue weighted by Gasteiger charge is -2.16. The molecule has 0 saturated heterocycles. The molecule has 0 amide bonds. The molecule has 0 aromatic heterocycles. The molecule has 0 aliphatic heterocycles. The van der Waals surface area contributed by atoms with Crippen LogP contribution in [0.2, 0.25) is 0 Å². The number of hydrogen-bond acceptors (Lipinski definition) is 2. The van der Waals surface area contributed by atoms with Gasteiger partial charge >= 0.3 is 0 Å². The van der Waals surface area contributed by atoms with Gasteiger partial charge in [-0.05, 0) is 41.5 Å². The normalized spacial score (nSPS) is 12.2. The van der Waals surface area contributed by atoms with Crippen molar-refractivity contribution in [3.63, 3.8) is 0 Å². The number of nitrogens with one attached hydrogen (secondary N) is 1. The monoisotopic (exact) mass is 360 g/mol. The second-order valence-corrected chi connectivity index (χ2v) is 5.67. The van der Waals surface area contributed by atoms with Gasteiger partial charge < -0.3 is 5.32 Å². The molecule has 0 radical (unpaired) electrons. The Bertz CT molecular complexity index is 918. The zero-order valence-corrected chi connectivity index (χ0v) is 14.2. The van der Waals surface area contributed by atoms with Crippen molar-refractivity contribution >= 4 is 5.57 Å². The Morgan fingerprint density at radius 1 is 1.19 bits per heavy atom. The lowest BCUT2D eigenvalue weighted by Crippen LogP contribution is -2.10. The number of allylic oxidation sites excluding steroid dienone is 3. The fourth-order valence-corrected chi connectivity index (χ4v) is 2.53. The third-order valence-corrected chi connectivity index (χ3v) is 3.83. The number of alkyl halides is 2. The Morgan fingerprint density at radius 2 is 1.88 bits per heavy atom. The summed E-state index contributed by atoms with van der Waals surface area (Å²) in [5.74, 6) is -4.83. The second kappa shape index (κ2) is 7.44. The van der Waals surface area contributed by atoms with Gasteiger partial charge in [0.1, 0.15) is 23.4 Å². The maximum absolute atomic E-state index is 14.1. The van der Waals surface area contributed by atoms with Crippen LogP contribution >= 0.6 is 0 Å². The highest BCUT2D eigenvalue weighted by atomic mass is 19.3. The summed E-state index contributed by atoms with van der Waals surface area (Å²) in [6.45, 7) is 4.34. The van der Waals surface area contributed by atoms with Gasteiger partial charge in [-0.3, -0.25) is 0 Å². The van der Waals surface area contributed by atoms with E-state index in [2.05, 4.69) is 11.9 Å². The van der Waals surface area contributed by atoms with E-state index in [0.717, 1.165) is 19.1 Å². The molecule has 134 valence electrons. The Kier molecular flexibility index (Phi) is 5.51. The minimum absolute atomic E-state index is 0.0230. The van der Waals surface area contributed by atoms with Gasteiger partial charge in [0.05, 0.1) is 0 Å². The molecule has 6 heteroatoms. The zero-order chi connectivity index (χ0) is 19.5. The van der Waals surface area contributed by atoms with E-state index in [0.29, 0.717) is 11.6 Å². The molecule has 2 aromatic carbocycles. The minimum Gasteiger partial charge on any atom is -0.379 e. The number of halogens is 4.